The maximum Gasteiger partial charge on any atom is 0.257 e. The second kappa shape index (κ2) is 5.64. The van der Waals surface area contributed by atoms with Crippen molar-refractivity contribution >= 4 is 5.91 Å². The molecule has 0 saturated carbocycles. The highest BCUT2D eigenvalue weighted by Crippen LogP contribution is 2.29. The molecule has 2 heterocycles. The number of furan rings is 1. The first kappa shape index (κ1) is 13.7. The average molecular weight is 285 g/mol. The summed E-state index contributed by atoms with van der Waals surface area (Å²) in [6.45, 7) is 3.36. The molecule has 1 N–H and O–H groups in total. The zero-order valence-corrected chi connectivity index (χ0v) is 12.1. The van der Waals surface area contributed by atoms with Gasteiger partial charge in [-0.15, -0.1) is 0 Å². The number of hydrogen-bond acceptors (Lipinski definition) is 3. The molecule has 4 heteroatoms. The van der Waals surface area contributed by atoms with Crippen LogP contribution in [0.3, 0.4) is 0 Å². The lowest BCUT2D eigenvalue weighted by atomic mass is 9.89. The summed E-state index contributed by atoms with van der Waals surface area (Å²) in [6.07, 6.45) is 3.43. The minimum Gasteiger partial charge on any atom is -0.508 e. The van der Waals surface area contributed by atoms with E-state index < -0.39 is 0 Å². The molecule has 110 valence electrons. The number of phenols is 1. The number of benzene rings is 1. The number of amides is 1. The van der Waals surface area contributed by atoms with Crippen LogP contribution in [0, 0.1) is 6.92 Å². The van der Waals surface area contributed by atoms with Gasteiger partial charge in [0.05, 0.1) is 5.56 Å². The molecular weight excluding hydrogens is 266 g/mol. The first-order chi connectivity index (χ1) is 10.1. The van der Waals surface area contributed by atoms with E-state index in [2.05, 4.69) is 0 Å². The molecule has 1 aliphatic heterocycles. The molecule has 1 aliphatic rings. The van der Waals surface area contributed by atoms with E-state index in [1.807, 2.05) is 24.0 Å². The molecular formula is C17H19NO3. The summed E-state index contributed by atoms with van der Waals surface area (Å²) in [6, 6.07) is 9.17. The SMILES string of the molecule is Cc1cc(C(=O)N2CCC(c3ccc(O)cc3)CC2)co1. The molecule has 0 bridgehead atoms. The third kappa shape index (κ3) is 2.94. The van der Waals surface area contributed by atoms with Crippen molar-refractivity contribution in [2.24, 2.45) is 0 Å². The van der Waals surface area contributed by atoms with Crippen molar-refractivity contribution in [2.45, 2.75) is 25.7 Å². The molecule has 3 rings (SSSR count). The maximum atomic E-state index is 12.3. The highest BCUT2D eigenvalue weighted by Gasteiger charge is 2.25. The number of carbonyl (C=O) groups excluding carboxylic acids is 1. The number of likely N-dealkylation sites (tertiary alicyclic amines) is 1. The number of rotatable bonds is 2. The van der Waals surface area contributed by atoms with Gasteiger partial charge in [-0.2, -0.15) is 0 Å². The van der Waals surface area contributed by atoms with Crippen LogP contribution in [0.4, 0.5) is 0 Å². The van der Waals surface area contributed by atoms with Gasteiger partial charge in [0.2, 0.25) is 0 Å². The summed E-state index contributed by atoms with van der Waals surface area (Å²) in [5.74, 6) is 1.57. The molecule has 1 amide bonds. The van der Waals surface area contributed by atoms with Crippen LogP contribution >= 0.6 is 0 Å². The van der Waals surface area contributed by atoms with Crippen LogP contribution in [-0.4, -0.2) is 29.0 Å². The van der Waals surface area contributed by atoms with Crippen LogP contribution in [0.15, 0.2) is 41.0 Å². The summed E-state index contributed by atoms with van der Waals surface area (Å²) in [4.78, 5) is 14.2. The van der Waals surface area contributed by atoms with E-state index in [4.69, 9.17) is 4.42 Å². The third-order valence-corrected chi connectivity index (χ3v) is 4.12. The Morgan fingerprint density at radius 1 is 1.24 bits per heavy atom. The fourth-order valence-electron chi connectivity index (χ4n) is 2.90. The van der Waals surface area contributed by atoms with Gasteiger partial charge in [0, 0.05) is 13.1 Å². The third-order valence-electron chi connectivity index (χ3n) is 4.12. The highest BCUT2D eigenvalue weighted by molar-refractivity contribution is 5.94. The monoisotopic (exact) mass is 285 g/mol. The maximum absolute atomic E-state index is 12.3. The highest BCUT2D eigenvalue weighted by atomic mass is 16.3. The Kier molecular flexibility index (Phi) is 3.69. The van der Waals surface area contributed by atoms with Crippen LogP contribution in [0.2, 0.25) is 0 Å². The fraction of sp³-hybridized carbons (Fsp3) is 0.353. The molecule has 1 fully saturated rings. The van der Waals surface area contributed by atoms with Crippen molar-refractivity contribution < 1.29 is 14.3 Å². The van der Waals surface area contributed by atoms with E-state index in [1.54, 1.807) is 18.2 Å². The summed E-state index contributed by atoms with van der Waals surface area (Å²) >= 11 is 0. The van der Waals surface area contributed by atoms with Gasteiger partial charge in [-0.3, -0.25) is 4.79 Å². The van der Waals surface area contributed by atoms with Gasteiger partial charge < -0.3 is 14.4 Å². The van der Waals surface area contributed by atoms with Gasteiger partial charge in [-0.1, -0.05) is 12.1 Å². The minimum absolute atomic E-state index is 0.0519. The van der Waals surface area contributed by atoms with Crippen molar-refractivity contribution in [2.75, 3.05) is 13.1 Å². The van der Waals surface area contributed by atoms with E-state index in [0.717, 1.165) is 31.7 Å². The molecule has 0 atom stereocenters. The minimum atomic E-state index is 0.0519. The van der Waals surface area contributed by atoms with Crippen molar-refractivity contribution in [1.82, 2.24) is 4.90 Å². The first-order valence-electron chi connectivity index (χ1n) is 7.27. The van der Waals surface area contributed by atoms with E-state index >= 15 is 0 Å². The number of aryl methyl sites for hydroxylation is 1. The Balaban J connectivity index is 1.62. The number of phenolic OH excluding ortho intramolecular Hbond substituents is 1. The molecule has 0 unspecified atom stereocenters. The second-order valence-corrected chi connectivity index (χ2v) is 5.60. The van der Waals surface area contributed by atoms with E-state index in [1.165, 1.54) is 11.8 Å². The smallest absolute Gasteiger partial charge is 0.257 e. The van der Waals surface area contributed by atoms with E-state index in [9.17, 15) is 9.90 Å². The molecule has 1 aromatic heterocycles. The van der Waals surface area contributed by atoms with E-state index in [-0.39, 0.29) is 5.91 Å². The van der Waals surface area contributed by atoms with Gasteiger partial charge in [0.25, 0.3) is 5.91 Å². The van der Waals surface area contributed by atoms with Gasteiger partial charge in [-0.25, -0.2) is 0 Å². The topological polar surface area (TPSA) is 53.7 Å². The number of carbonyl (C=O) groups is 1. The van der Waals surface area contributed by atoms with Gasteiger partial charge in [0.1, 0.15) is 17.8 Å². The van der Waals surface area contributed by atoms with Crippen LogP contribution in [0.25, 0.3) is 0 Å². The lowest BCUT2D eigenvalue weighted by molar-refractivity contribution is 0.0712. The number of nitrogens with zero attached hydrogens (tertiary/aromatic N) is 1. The standard InChI is InChI=1S/C17H19NO3/c1-12-10-15(11-21-12)17(20)18-8-6-14(7-9-18)13-2-4-16(19)5-3-13/h2-5,10-11,14,19H,6-9H2,1H3. The summed E-state index contributed by atoms with van der Waals surface area (Å²) in [5.41, 5.74) is 1.87. The Morgan fingerprint density at radius 3 is 2.48 bits per heavy atom. The zero-order chi connectivity index (χ0) is 14.8. The largest absolute Gasteiger partial charge is 0.508 e. The number of aromatic hydroxyl groups is 1. The number of piperidine rings is 1. The summed E-state index contributed by atoms with van der Waals surface area (Å²) in [5, 5.41) is 9.34. The van der Waals surface area contributed by atoms with Crippen molar-refractivity contribution in [1.29, 1.82) is 0 Å². The average Bonchev–Trinajstić information content (AvgIpc) is 2.94. The normalized spacial score (nSPS) is 16.1. The zero-order valence-electron chi connectivity index (χ0n) is 12.1. The molecule has 21 heavy (non-hydrogen) atoms. The summed E-state index contributed by atoms with van der Waals surface area (Å²) in [7, 11) is 0. The van der Waals surface area contributed by atoms with Crippen molar-refractivity contribution in [3.63, 3.8) is 0 Å². The Bertz CT molecular complexity index is 622. The molecule has 0 spiro atoms. The quantitative estimate of drug-likeness (QED) is 0.921. The van der Waals surface area contributed by atoms with E-state index in [0.29, 0.717) is 17.2 Å². The van der Waals surface area contributed by atoms with Crippen molar-refractivity contribution in [3.05, 3.63) is 53.5 Å². The van der Waals surface area contributed by atoms with Crippen LogP contribution in [0.5, 0.6) is 5.75 Å². The summed E-state index contributed by atoms with van der Waals surface area (Å²) < 4.78 is 5.21. The Morgan fingerprint density at radius 2 is 1.90 bits per heavy atom. The molecule has 0 aliphatic carbocycles. The Labute approximate surface area is 124 Å². The predicted molar refractivity (Wildman–Crippen MR) is 79.4 cm³/mol. The predicted octanol–water partition coefficient (Wildman–Crippen LogP) is 3.31. The van der Waals surface area contributed by atoms with Gasteiger partial charge in [0.15, 0.2) is 0 Å². The van der Waals surface area contributed by atoms with Crippen LogP contribution in [0.1, 0.15) is 40.4 Å². The van der Waals surface area contributed by atoms with Crippen LogP contribution < -0.4 is 0 Å². The van der Waals surface area contributed by atoms with Crippen molar-refractivity contribution in [3.8, 4) is 5.75 Å². The molecule has 4 nitrogen and oxygen atoms in total. The van der Waals surface area contributed by atoms with Crippen LogP contribution in [-0.2, 0) is 0 Å². The lowest BCUT2D eigenvalue weighted by Crippen LogP contribution is -2.37. The molecule has 2 aromatic rings. The molecule has 1 aromatic carbocycles. The number of hydrogen-bond donors (Lipinski definition) is 1. The van der Waals surface area contributed by atoms with Gasteiger partial charge >= 0.3 is 0 Å². The molecule has 1 saturated heterocycles. The fourth-order valence-corrected chi connectivity index (χ4v) is 2.90. The Hall–Kier alpha value is -2.23. The lowest BCUT2D eigenvalue weighted by Gasteiger charge is -2.32. The second-order valence-electron chi connectivity index (χ2n) is 5.60. The molecule has 0 radical (unpaired) electrons. The first-order valence-corrected chi connectivity index (χ1v) is 7.27. The van der Waals surface area contributed by atoms with Gasteiger partial charge in [-0.05, 0) is 49.4 Å².